The van der Waals surface area contributed by atoms with Crippen molar-refractivity contribution in [3.8, 4) is 0 Å². The molecule has 1 saturated heterocycles. The number of hydrogen-bond acceptors (Lipinski definition) is 5. The van der Waals surface area contributed by atoms with Gasteiger partial charge in [-0.05, 0) is 19.5 Å². The number of nitrogens with zero attached hydrogens (tertiary/aromatic N) is 3. The summed E-state index contributed by atoms with van der Waals surface area (Å²) in [7, 11) is 0. The number of carboxylic acids is 1. The first-order valence-corrected chi connectivity index (χ1v) is 9.86. The predicted molar refractivity (Wildman–Crippen MR) is 108 cm³/mol. The first kappa shape index (κ1) is 19.0. The molecular weight excluding hydrogens is 382 g/mol. The third kappa shape index (κ3) is 2.81. The Hall–Kier alpha value is -2.38. The third-order valence-corrected chi connectivity index (χ3v) is 6.13. The van der Waals surface area contributed by atoms with E-state index in [-0.39, 0.29) is 29.2 Å². The number of carboxylic acid groups (broad SMARTS) is 1. The molecule has 28 heavy (non-hydrogen) atoms. The fraction of sp³-hybridized carbons (Fsp3) is 0.450. The van der Waals surface area contributed by atoms with E-state index in [2.05, 4.69) is 16.7 Å². The van der Waals surface area contributed by atoms with Gasteiger partial charge in [0.05, 0.1) is 21.8 Å². The van der Waals surface area contributed by atoms with E-state index in [4.69, 9.17) is 11.6 Å². The maximum atomic E-state index is 13.0. The van der Waals surface area contributed by atoms with Crippen LogP contribution in [0, 0.1) is 0 Å². The smallest absolute Gasteiger partial charge is 0.341 e. The van der Waals surface area contributed by atoms with Crippen molar-refractivity contribution in [2.45, 2.75) is 26.3 Å². The van der Waals surface area contributed by atoms with Gasteiger partial charge in [-0.3, -0.25) is 9.59 Å². The van der Waals surface area contributed by atoms with Crippen LogP contribution in [0.2, 0.25) is 5.02 Å². The molecule has 0 amide bonds. The lowest BCUT2D eigenvalue weighted by Gasteiger charge is -2.38. The molecule has 2 aliphatic rings. The number of Topliss-reactive ketones (excluding diaryl/α,β-unsaturated/α-hetero) is 1. The molecule has 1 aromatic carbocycles. The van der Waals surface area contributed by atoms with E-state index in [0.29, 0.717) is 21.8 Å². The van der Waals surface area contributed by atoms with Gasteiger partial charge in [0.25, 0.3) is 0 Å². The van der Waals surface area contributed by atoms with Gasteiger partial charge in [0.1, 0.15) is 5.56 Å². The maximum absolute atomic E-state index is 13.0. The molecule has 2 aliphatic heterocycles. The van der Waals surface area contributed by atoms with Crippen LogP contribution in [0.5, 0.6) is 0 Å². The van der Waals surface area contributed by atoms with Crippen LogP contribution < -0.4 is 10.3 Å². The van der Waals surface area contributed by atoms with Crippen molar-refractivity contribution in [3.63, 3.8) is 0 Å². The van der Waals surface area contributed by atoms with Crippen LogP contribution in [0.1, 0.15) is 47.0 Å². The van der Waals surface area contributed by atoms with Crippen LogP contribution >= 0.6 is 11.6 Å². The maximum Gasteiger partial charge on any atom is 0.341 e. The molecule has 2 aromatic rings. The first-order chi connectivity index (χ1) is 13.3. The number of ketones is 1. The van der Waals surface area contributed by atoms with Gasteiger partial charge < -0.3 is 19.5 Å². The van der Waals surface area contributed by atoms with Gasteiger partial charge in [0.2, 0.25) is 5.43 Å². The van der Waals surface area contributed by atoms with Crippen molar-refractivity contribution < 1.29 is 14.7 Å². The Bertz CT molecular complexity index is 1050. The Balaban J connectivity index is 2.00. The zero-order chi connectivity index (χ0) is 20.2. The van der Waals surface area contributed by atoms with Crippen LogP contribution in [-0.4, -0.2) is 59.0 Å². The number of likely N-dealkylation sites (N-methyl/N-ethyl adjacent to an activating group) is 1. The average Bonchev–Trinajstić information content (AvgIpc) is 2.66. The van der Waals surface area contributed by atoms with Crippen molar-refractivity contribution in [3.05, 3.63) is 38.6 Å². The number of rotatable bonds is 3. The zero-order valence-electron chi connectivity index (χ0n) is 15.9. The Morgan fingerprint density at radius 2 is 1.93 bits per heavy atom. The molecule has 4 rings (SSSR count). The van der Waals surface area contributed by atoms with Gasteiger partial charge in [0.15, 0.2) is 5.78 Å². The number of aromatic carboxylic acids is 1. The van der Waals surface area contributed by atoms with E-state index < -0.39 is 11.4 Å². The fourth-order valence-electron chi connectivity index (χ4n) is 4.31. The summed E-state index contributed by atoms with van der Waals surface area (Å²) in [5.74, 6) is -1.34. The van der Waals surface area contributed by atoms with Crippen LogP contribution in [0.15, 0.2) is 17.1 Å². The first-order valence-electron chi connectivity index (χ1n) is 9.48. The Morgan fingerprint density at radius 1 is 1.25 bits per heavy atom. The van der Waals surface area contributed by atoms with Gasteiger partial charge in [-0.15, -0.1) is 0 Å². The number of hydrogen-bond donors (Lipinski definition) is 1. The minimum atomic E-state index is -1.28. The number of anilines is 1. The standard InChI is InChI=1S/C20H22ClN3O4/c1-3-22-4-6-23(7-5-22)18-14(21)9-12-17-16(18)15(25)8-11(2)24(17)10-13(19(12)26)20(27)28/h9-11H,3-8H2,1-2H3,(H,27,28). The molecule has 3 heterocycles. The lowest BCUT2D eigenvalue weighted by Crippen LogP contribution is -2.47. The highest BCUT2D eigenvalue weighted by Gasteiger charge is 2.33. The minimum absolute atomic E-state index is 0.0598. The molecule has 1 atom stereocenters. The molecule has 1 unspecified atom stereocenters. The van der Waals surface area contributed by atoms with E-state index in [1.54, 1.807) is 4.57 Å². The average molecular weight is 404 g/mol. The lowest BCUT2D eigenvalue weighted by molar-refractivity contribution is 0.0694. The van der Waals surface area contributed by atoms with E-state index in [9.17, 15) is 19.5 Å². The van der Waals surface area contributed by atoms with Crippen molar-refractivity contribution in [2.75, 3.05) is 37.6 Å². The number of aromatic nitrogens is 1. The summed E-state index contributed by atoms with van der Waals surface area (Å²) in [5, 5.41) is 9.93. The van der Waals surface area contributed by atoms with Gasteiger partial charge in [-0.1, -0.05) is 18.5 Å². The number of benzene rings is 1. The highest BCUT2D eigenvalue weighted by Crippen LogP contribution is 2.41. The Kier molecular flexibility index (Phi) is 4.67. The Labute approximate surface area is 167 Å². The third-order valence-electron chi connectivity index (χ3n) is 5.84. The van der Waals surface area contributed by atoms with Crippen LogP contribution in [0.3, 0.4) is 0 Å². The van der Waals surface area contributed by atoms with Crippen LogP contribution in [0.25, 0.3) is 10.9 Å². The lowest BCUT2D eigenvalue weighted by atomic mass is 9.92. The number of pyridine rings is 1. The summed E-state index contributed by atoms with van der Waals surface area (Å²) < 4.78 is 1.75. The molecule has 1 fully saturated rings. The monoisotopic (exact) mass is 403 g/mol. The van der Waals surface area contributed by atoms with Crippen molar-refractivity contribution in [2.24, 2.45) is 0 Å². The van der Waals surface area contributed by atoms with Gasteiger partial charge in [0, 0.05) is 50.2 Å². The molecular formula is C20H22ClN3O4. The minimum Gasteiger partial charge on any atom is -0.477 e. The second kappa shape index (κ2) is 6.90. The summed E-state index contributed by atoms with van der Waals surface area (Å²) in [4.78, 5) is 41.8. The quantitative estimate of drug-likeness (QED) is 0.848. The largest absolute Gasteiger partial charge is 0.477 e. The molecule has 8 heteroatoms. The topological polar surface area (TPSA) is 82.8 Å². The van der Waals surface area contributed by atoms with Gasteiger partial charge >= 0.3 is 5.97 Å². The summed E-state index contributed by atoms with van der Waals surface area (Å²) in [6.07, 6.45) is 1.60. The number of carbonyl (C=O) groups excluding carboxylic acids is 1. The molecule has 0 saturated carbocycles. The second-order valence-electron chi connectivity index (χ2n) is 7.46. The zero-order valence-corrected chi connectivity index (χ0v) is 16.6. The summed E-state index contributed by atoms with van der Waals surface area (Å²) in [6, 6.07) is 1.30. The van der Waals surface area contributed by atoms with Crippen LogP contribution in [0.4, 0.5) is 5.69 Å². The molecule has 0 spiro atoms. The summed E-state index contributed by atoms with van der Waals surface area (Å²) >= 11 is 6.57. The van der Waals surface area contributed by atoms with Crippen molar-refractivity contribution >= 4 is 39.9 Å². The molecule has 148 valence electrons. The second-order valence-corrected chi connectivity index (χ2v) is 7.87. The van der Waals surface area contributed by atoms with E-state index >= 15 is 0 Å². The molecule has 0 bridgehead atoms. The summed E-state index contributed by atoms with van der Waals surface area (Å²) in [6.45, 7) is 8.18. The Morgan fingerprint density at radius 3 is 2.54 bits per heavy atom. The summed E-state index contributed by atoms with van der Waals surface area (Å²) in [5.41, 5.74) is 0.694. The highest BCUT2D eigenvalue weighted by atomic mass is 35.5. The number of carbonyl (C=O) groups is 2. The van der Waals surface area contributed by atoms with E-state index in [0.717, 1.165) is 32.7 Å². The van der Waals surface area contributed by atoms with Gasteiger partial charge in [-0.2, -0.15) is 0 Å². The van der Waals surface area contributed by atoms with E-state index in [1.807, 2.05) is 6.92 Å². The van der Waals surface area contributed by atoms with Gasteiger partial charge in [-0.25, -0.2) is 4.79 Å². The SMILES string of the molecule is CCN1CCN(c2c(Cl)cc3c(=O)c(C(=O)O)cn4c3c2C(=O)CC4C)CC1. The van der Waals surface area contributed by atoms with Crippen molar-refractivity contribution in [1.29, 1.82) is 0 Å². The predicted octanol–water partition coefficient (Wildman–Crippen LogP) is 2.64. The molecule has 7 nitrogen and oxygen atoms in total. The number of halogens is 1. The molecule has 1 N–H and O–H groups in total. The highest BCUT2D eigenvalue weighted by molar-refractivity contribution is 6.36. The van der Waals surface area contributed by atoms with E-state index in [1.165, 1.54) is 12.3 Å². The number of piperazine rings is 1. The molecule has 0 radical (unpaired) electrons. The molecule has 0 aliphatic carbocycles. The van der Waals surface area contributed by atoms with Crippen molar-refractivity contribution in [1.82, 2.24) is 9.47 Å². The normalized spacial score (nSPS) is 20.0. The molecule has 1 aromatic heterocycles. The fourth-order valence-corrected chi connectivity index (χ4v) is 4.63. The van der Waals surface area contributed by atoms with Crippen LogP contribution in [-0.2, 0) is 0 Å².